The summed E-state index contributed by atoms with van der Waals surface area (Å²) in [7, 11) is 0. The van der Waals surface area contributed by atoms with Crippen molar-refractivity contribution < 1.29 is 14.2 Å². The maximum atomic E-state index is 5.54. The van der Waals surface area contributed by atoms with Crippen LogP contribution in [0.4, 0.5) is 0 Å². The summed E-state index contributed by atoms with van der Waals surface area (Å²) in [6.45, 7) is 55.3. The minimum absolute atomic E-state index is 0.348. The van der Waals surface area contributed by atoms with E-state index in [-0.39, 0.29) is 0 Å². The number of nitrogens with zero attached hydrogens (tertiary/aromatic N) is 4. The molecule has 376 valence electrons. The third-order valence-corrected chi connectivity index (χ3v) is 17.9. The van der Waals surface area contributed by atoms with Gasteiger partial charge in [-0.2, -0.15) is 11.8 Å². The molecule has 0 unspecified atom stereocenters. The molecule has 1 N–H and O–H groups in total. The first-order valence-corrected chi connectivity index (χ1v) is 27.7. The molecule has 0 aromatic heterocycles. The maximum absolute atomic E-state index is 5.54. The van der Waals surface area contributed by atoms with Crippen LogP contribution in [-0.4, -0.2) is 158 Å². The molecule has 9 aliphatic heterocycles. The van der Waals surface area contributed by atoms with Crippen LogP contribution in [0.15, 0.2) is 0 Å². The number of likely N-dealkylation sites (tertiary alicyclic amines) is 4. The summed E-state index contributed by atoms with van der Waals surface area (Å²) >= 11 is 2.17. The summed E-state index contributed by atoms with van der Waals surface area (Å²) in [6, 6.07) is 0. The standard InChI is InChI=1S/C12H23NO.C12H23NS.C11H21NO.C9H17NO.C6H11N.C5H12/c2*1-11(2,3)13-7-4-12(5-8-13)6-9-14-10-12;1-10(2,3)12-6-4-11(5-7-12)8-13-9-11;1-8(2,3)10-4-9(5-10)6-11-7-9;1-2-6(1)3-4-7-5-6;1-5(2,3)4/h2*4-10H2,1-3H3;4-9H2,1-3H3;4-7H2,1-3H3;7H,1-5H2;1-4H3. The van der Waals surface area contributed by atoms with Crippen LogP contribution in [0, 0.1) is 32.5 Å². The third-order valence-electron chi connectivity index (χ3n) is 16.6. The lowest BCUT2D eigenvalue weighted by Gasteiger charge is -2.59. The highest BCUT2D eigenvalue weighted by molar-refractivity contribution is 7.99. The fourth-order valence-corrected chi connectivity index (χ4v) is 12.5. The molecular weight excluding hydrogens is 811 g/mol. The van der Waals surface area contributed by atoms with Crippen LogP contribution in [0.5, 0.6) is 0 Å². The second-order valence-corrected chi connectivity index (χ2v) is 29.6. The lowest BCUT2D eigenvalue weighted by Crippen LogP contribution is -2.69. The minimum Gasteiger partial charge on any atom is -0.381 e. The first kappa shape index (κ1) is 55.0. The van der Waals surface area contributed by atoms with E-state index in [1.54, 1.807) is 0 Å². The van der Waals surface area contributed by atoms with Crippen molar-refractivity contribution in [3.8, 4) is 0 Å². The quantitative estimate of drug-likeness (QED) is 0.256. The maximum Gasteiger partial charge on any atom is 0.0569 e. The molecule has 1 saturated carbocycles. The van der Waals surface area contributed by atoms with E-state index in [1.807, 2.05) is 0 Å². The first-order chi connectivity index (χ1) is 29.5. The van der Waals surface area contributed by atoms with Gasteiger partial charge in [-0.3, -0.25) is 19.6 Å². The second-order valence-electron chi connectivity index (χ2n) is 28.5. The van der Waals surface area contributed by atoms with Crippen molar-refractivity contribution in [3.05, 3.63) is 0 Å². The van der Waals surface area contributed by atoms with E-state index >= 15 is 0 Å². The SMILES string of the molecule is C1CC2(CC2)CN1.CC(C)(C)C.CC(C)(C)N1CC2(COC2)C1.CC(C)(C)N1CCC2(CC1)COC2.CC(C)(C)N1CCC2(CCOC2)CC1.CC(C)(C)N1CCC2(CCSC2)CC1. The van der Waals surface area contributed by atoms with Crippen molar-refractivity contribution in [2.24, 2.45) is 32.5 Å². The summed E-state index contributed by atoms with van der Waals surface area (Å²) in [4.78, 5) is 10.4. The molecule has 0 aromatic rings. The van der Waals surface area contributed by atoms with Gasteiger partial charge in [0.2, 0.25) is 0 Å². The van der Waals surface area contributed by atoms with Crippen molar-refractivity contribution in [1.82, 2.24) is 24.9 Å². The van der Waals surface area contributed by atoms with Gasteiger partial charge in [0.1, 0.15) is 0 Å². The summed E-state index contributed by atoms with van der Waals surface area (Å²) in [5.74, 6) is 2.85. The normalized spacial score (nSPS) is 28.1. The Balaban J connectivity index is 0.000000148. The van der Waals surface area contributed by atoms with Gasteiger partial charge in [-0.1, -0.05) is 27.7 Å². The zero-order valence-corrected chi connectivity index (χ0v) is 46.2. The molecule has 64 heavy (non-hydrogen) atoms. The van der Waals surface area contributed by atoms with E-state index in [0.717, 1.165) is 50.5 Å². The van der Waals surface area contributed by atoms with Crippen molar-refractivity contribution in [1.29, 1.82) is 0 Å². The highest BCUT2D eigenvalue weighted by Gasteiger charge is 2.51. The molecule has 0 bridgehead atoms. The largest absolute Gasteiger partial charge is 0.381 e. The lowest BCUT2D eigenvalue weighted by molar-refractivity contribution is -0.207. The van der Waals surface area contributed by atoms with Gasteiger partial charge in [0.25, 0.3) is 0 Å². The van der Waals surface area contributed by atoms with E-state index in [2.05, 4.69) is 147 Å². The fraction of sp³-hybridized carbons (Fsp3) is 1.00. The monoisotopic (exact) mass is 918 g/mol. The van der Waals surface area contributed by atoms with Gasteiger partial charge >= 0.3 is 0 Å². The van der Waals surface area contributed by atoms with Crippen molar-refractivity contribution in [2.75, 3.05) is 117 Å². The van der Waals surface area contributed by atoms with Crippen LogP contribution < -0.4 is 5.32 Å². The molecule has 0 amide bonds. The molecule has 8 nitrogen and oxygen atoms in total. The highest BCUT2D eigenvalue weighted by atomic mass is 32.2. The summed E-state index contributed by atoms with van der Waals surface area (Å²) in [5.41, 5.74) is 5.24. The molecule has 0 atom stereocenters. The third kappa shape index (κ3) is 16.6. The summed E-state index contributed by atoms with van der Waals surface area (Å²) in [6.07, 6.45) is 15.5. The Hall–Kier alpha value is 0.0300. The summed E-state index contributed by atoms with van der Waals surface area (Å²) in [5, 5.41) is 3.38. The zero-order chi connectivity index (χ0) is 47.4. The smallest absolute Gasteiger partial charge is 0.0569 e. The molecule has 1 aliphatic carbocycles. The number of rotatable bonds is 0. The van der Waals surface area contributed by atoms with Gasteiger partial charge in [0, 0.05) is 59.2 Å². The van der Waals surface area contributed by atoms with Crippen LogP contribution in [0.3, 0.4) is 0 Å². The predicted molar refractivity (Wildman–Crippen MR) is 276 cm³/mol. The Morgan fingerprint density at radius 2 is 0.781 bits per heavy atom. The number of piperidine rings is 3. The highest BCUT2D eigenvalue weighted by Crippen LogP contribution is 2.50. The van der Waals surface area contributed by atoms with E-state index in [1.165, 1.54) is 148 Å². The molecule has 0 aromatic carbocycles. The average molecular weight is 919 g/mol. The van der Waals surface area contributed by atoms with Gasteiger partial charge in [0.05, 0.1) is 33.0 Å². The first-order valence-electron chi connectivity index (χ1n) is 26.5. The van der Waals surface area contributed by atoms with E-state index < -0.39 is 0 Å². The zero-order valence-electron chi connectivity index (χ0n) is 45.4. The molecule has 9 heterocycles. The van der Waals surface area contributed by atoms with Crippen LogP contribution >= 0.6 is 11.8 Å². The number of thioether (sulfide) groups is 1. The van der Waals surface area contributed by atoms with Crippen LogP contribution in [0.1, 0.15) is 181 Å². The molecule has 10 fully saturated rings. The molecule has 0 radical (unpaired) electrons. The minimum atomic E-state index is 0.348. The van der Waals surface area contributed by atoms with E-state index in [9.17, 15) is 0 Å². The van der Waals surface area contributed by atoms with Crippen LogP contribution in [0.2, 0.25) is 0 Å². The Bertz CT molecular complexity index is 1300. The number of nitrogens with one attached hydrogen (secondary N) is 1. The Labute approximate surface area is 401 Å². The van der Waals surface area contributed by atoms with Gasteiger partial charge in [0.15, 0.2) is 0 Å². The van der Waals surface area contributed by atoms with Gasteiger partial charge in [-0.25, -0.2) is 0 Å². The van der Waals surface area contributed by atoms with E-state index in [4.69, 9.17) is 14.2 Å². The molecule has 5 spiro atoms. The van der Waals surface area contributed by atoms with Crippen LogP contribution in [-0.2, 0) is 14.2 Å². The molecule has 9 heteroatoms. The molecule has 9 saturated heterocycles. The van der Waals surface area contributed by atoms with E-state index in [0.29, 0.717) is 43.8 Å². The number of hydrogen-bond donors (Lipinski definition) is 1. The molecular formula is C55H107N5O3S. The topological polar surface area (TPSA) is 52.7 Å². The number of ether oxygens (including phenoxy) is 3. The summed E-state index contributed by atoms with van der Waals surface area (Å²) < 4.78 is 16.1. The predicted octanol–water partition coefficient (Wildman–Crippen LogP) is 11.1. The molecule has 10 rings (SSSR count). The van der Waals surface area contributed by atoms with Gasteiger partial charge in [-0.05, 0) is 233 Å². The Morgan fingerprint density at radius 3 is 1.05 bits per heavy atom. The second kappa shape index (κ2) is 21.6. The van der Waals surface area contributed by atoms with Gasteiger partial charge < -0.3 is 19.5 Å². The van der Waals surface area contributed by atoms with Crippen molar-refractivity contribution >= 4 is 11.8 Å². The number of hydrogen-bond acceptors (Lipinski definition) is 9. The Kier molecular flexibility index (Phi) is 18.5. The van der Waals surface area contributed by atoms with Crippen LogP contribution in [0.25, 0.3) is 0 Å². The van der Waals surface area contributed by atoms with Crippen molar-refractivity contribution in [2.45, 2.75) is 204 Å². The van der Waals surface area contributed by atoms with Crippen molar-refractivity contribution in [3.63, 3.8) is 0 Å². The fourth-order valence-electron chi connectivity index (χ4n) is 10.9. The average Bonchev–Trinajstić information content (AvgIpc) is 3.43. The Morgan fingerprint density at radius 1 is 0.391 bits per heavy atom. The molecule has 10 aliphatic rings. The lowest BCUT2D eigenvalue weighted by atomic mass is 9.75. The van der Waals surface area contributed by atoms with Gasteiger partial charge in [-0.15, -0.1) is 0 Å².